The maximum atomic E-state index is 6.20. The maximum Gasteiger partial charge on any atom is 0.268 e. The molecule has 23 heavy (non-hydrogen) atoms. The molecule has 128 valence electrons. The molecule has 0 aliphatic heterocycles. The van der Waals surface area contributed by atoms with Crippen molar-refractivity contribution in [2.24, 2.45) is 0 Å². The topological polar surface area (TPSA) is 27.7 Å². The van der Waals surface area contributed by atoms with Crippen LogP contribution in [0.1, 0.15) is 11.1 Å². The molecule has 0 N–H and O–H groups in total. The van der Waals surface area contributed by atoms with Gasteiger partial charge in [0, 0.05) is 0 Å². The van der Waals surface area contributed by atoms with Gasteiger partial charge in [-0.15, -0.1) is 0 Å². The van der Waals surface area contributed by atoms with Gasteiger partial charge >= 0.3 is 0 Å². The fourth-order valence-corrected chi connectivity index (χ4v) is 3.40. The number of rotatable bonds is 7. The minimum absolute atomic E-state index is 0.515. The molecular weight excluding hydrogens is 320 g/mol. The van der Waals surface area contributed by atoms with Gasteiger partial charge in [-0.1, -0.05) is 29.8 Å². The van der Waals surface area contributed by atoms with Crippen molar-refractivity contribution >= 4 is 22.7 Å². The monoisotopic (exact) mass is 350 g/mol. The lowest BCUT2D eigenvalue weighted by atomic mass is 10.1. The molecule has 1 rings (SSSR count). The van der Waals surface area contributed by atoms with Crippen molar-refractivity contribution in [1.29, 1.82) is 0 Å². The summed E-state index contributed by atoms with van der Waals surface area (Å²) >= 11 is 0. The van der Waals surface area contributed by atoms with Crippen LogP contribution < -0.4 is 0 Å². The van der Waals surface area contributed by atoms with Crippen LogP contribution in [0.4, 0.5) is 0 Å². The lowest BCUT2D eigenvalue weighted by Gasteiger charge is -2.23. The van der Waals surface area contributed by atoms with Gasteiger partial charge in [-0.2, -0.15) is 0 Å². The van der Waals surface area contributed by atoms with E-state index in [1.165, 1.54) is 5.56 Å². The quantitative estimate of drug-likeness (QED) is 0.368. The third-order valence-electron chi connectivity index (χ3n) is 2.68. The Morgan fingerprint density at radius 3 is 1.83 bits per heavy atom. The predicted molar refractivity (Wildman–Crippen MR) is 103 cm³/mol. The largest absolute Gasteiger partial charge is 0.544 e. The molecule has 0 unspecified atom stereocenters. The van der Waals surface area contributed by atoms with Crippen molar-refractivity contribution in [1.82, 2.24) is 0 Å². The minimum Gasteiger partial charge on any atom is -0.544 e. The van der Waals surface area contributed by atoms with Crippen LogP contribution in [0.3, 0.4) is 0 Å². The van der Waals surface area contributed by atoms with Gasteiger partial charge in [0.2, 0.25) is 16.6 Å². The van der Waals surface area contributed by atoms with Crippen molar-refractivity contribution in [2.75, 3.05) is 7.11 Å². The Morgan fingerprint density at radius 2 is 1.39 bits per heavy atom. The number of benzene rings is 1. The summed E-state index contributed by atoms with van der Waals surface area (Å²) in [7, 11) is -1.84. The van der Waals surface area contributed by atoms with E-state index < -0.39 is 16.6 Å². The molecule has 0 heterocycles. The van der Waals surface area contributed by atoms with Crippen LogP contribution in [0.5, 0.6) is 0 Å². The van der Waals surface area contributed by atoms with Crippen LogP contribution in [0, 0.1) is 6.92 Å². The van der Waals surface area contributed by atoms with E-state index in [0.717, 1.165) is 11.3 Å². The first-order chi connectivity index (χ1) is 10.5. The molecule has 1 aromatic rings. The summed E-state index contributed by atoms with van der Waals surface area (Å²) in [4.78, 5) is 0. The van der Waals surface area contributed by atoms with Crippen LogP contribution in [-0.4, -0.2) is 23.7 Å². The van der Waals surface area contributed by atoms with Gasteiger partial charge in [0.25, 0.3) is 5.95 Å². The van der Waals surface area contributed by atoms with Crippen molar-refractivity contribution < 1.29 is 13.6 Å². The third-order valence-corrected chi connectivity index (χ3v) is 4.34. The Labute approximate surface area is 143 Å². The predicted octanol–water partition coefficient (Wildman–Crippen LogP) is 5.53. The second-order valence-corrected chi connectivity index (χ2v) is 16.4. The zero-order valence-corrected chi connectivity index (χ0v) is 17.7. The average Bonchev–Trinajstić information content (AvgIpc) is 2.37. The Bertz CT molecular complexity index is 561. The average molecular weight is 351 g/mol. The highest BCUT2D eigenvalue weighted by Gasteiger charge is 2.21. The van der Waals surface area contributed by atoms with Gasteiger partial charge in [-0.3, -0.25) is 0 Å². The molecule has 0 radical (unpaired) electrons. The minimum atomic E-state index is -1.74. The summed E-state index contributed by atoms with van der Waals surface area (Å²) in [6, 6.07) is 8.36. The first kappa shape index (κ1) is 19.6. The molecule has 0 spiro atoms. The van der Waals surface area contributed by atoms with E-state index >= 15 is 0 Å². The summed E-state index contributed by atoms with van der Waals surface area (Å²) in [6.07, 6.45) is 3.89. The smallest absolute Gasteiger partial charge is 0.268 e. The highest BCUT2D eigenvalue weighted by atomic mass is 28.4. The first-order valence-corrected chi connectivity index (χ1v) is 14.7. The SMILES string of the molecule is COC(=CC(=Cc1ccc(C)cc1)O[Si](C)(C)C)O[Si](C)(C)C. The van der Waals surface area contributed by atoms with Crippen LogP contribution in [0.25, 0.3) is 6.08 Å². The second-order valence-electron chi connectivity index (χ2n) is 7.55. The second kappa shape index (κ2) is 7.88. The number of aryl methyl sites for hydroxylation is 1. The Morgan fingerprint density at radius 1 is 0.870 bits per heavy atom. The van der Waals surface area contributed by atoms with E-state index in [1.807, 2.05) is 12.2 Å². The van der Waals surface area contributed by atoms with Gasteiger partial charge in [0.05, 0.1) is 13.2 Å². The van der Waals surface area contributed by atoms with Crippen LogP contribution >= 0.6 is 0 Å². The van der Waals surface area contributed by atoms with Crippen LogP contribution in [-0.2, 0) is 13.6 Å². The fourth-order valence-electron chi connectivity index (χ4n) is 1.83. The normalized spacial score (nSPS) is 13.7. The van der Waals surface area contributed by atoms with E-state index in [0.29, 0.717) is 5.95 Å². The van der Waals surface area contributed by atoms with Crippen molar-refractivity contribution in [2.45, 2.75) is 46.2 Å². The molecular formula is C18H30O3Si2. The van der Waals surface area contributed by atoms with Crippen LogP contribution in [0.2, 0.25) is 39.3 Å². The number of ether oxygens (including phenoxy) is 1. The molecule has 0 saturated carbocycles. The lowest BCUT2D eigenvalue weighted by molar-refractivity contribution is 0.145. The zero-order chi connectivity index (χ0) is 17.7. The number of hydrogen-bond donors (Lipinski definition) is 0. The highest BCUT2D eigenvalue weighted by molar-refractivity contribution is 6.70. The summed E-state index contributed by atoms with van der Waals surface area (Å²) in [5.74, 6) is 1.30. The molecule has 0 aliphatic carbocycles. The van der Waals surface area contributed by atoms with E-state index in [-0.39, 0.29) is 0 Å². The fraction of sp³-hybridized carbons (Fsp3) is 0.444. The Kier molecular flexibility index (Phi) is 6.71. The number of methoxy groups -OCH3 is 1. The summed E-state index contributed by atoms with van der Waals surface area (Å²) in [6.45, 7) is 15.0. The van der Waals surface area contributed by atoms with E-state index in [9.17, 15) is 0 Å². The van der Waals surface area contributed by atoms with E-state index in [1.54, 1.807) is 7.11 Å². The van der Waals surface area contributed by atoms with Crippen molar-refractivity contribution in [3.8, 4) is 0 Å². The third kappa shape index (κ3) is 8.66. The molecule has 0 amide bonds. The lowest BCUT2D eigenvalue weighted by Crippen LogP contribution is -2.26. The molecule has 3 nitrogen and oxygen atoms in total. The Balaban J connectivity index is 3.16. The number of allylic oxidation sites excluding steroid dienone is 1. The van der Waals surface area contributed by atoms with Gasteiger partial charge in [0.1, 0.15) is 5.76 Å². The summed E-state index contributed by atoms with van der Waals surface area (Å²) in [5, 5.41) is 0. The standard InChI is InChI=1S/C18H30O3Si2/c1-15-9-11-16(12-10-15)13-17(20-22(3,4)5)14-18(19-2)21-23(6,7)8/h9-14H,1-8H3. The molecule has 0 saturated heterocycles. The van der Waals surface area contributed by atoms with E-state index in [2.05, 4.69) is 70.5 Å². The van der Waals surface area contributed by atoms with Gasteiger partial charge in [-0.05, 0) is 57.8 Å². The molecule has 0 fully saturated rings. The summed E-state index contributed by atoms with van der Waals surface area (Å²) in [5.41, 5.74) is 2.34. The molecule has 0 bridgehead atoms. The van der Waals surface area contributed by atoms with Crippen LogP contribution in [0.15, 0.2) is 42.0 Å². The van der Waals surface area contributed by atoms with E-state index in [4.69, 9.17) is 13.6 Å². The highest BCUT2D eigenvalue weighted by Crippen LogP contribution is 2.20. The zero-order valence-electron chi connectivity index (χ0n) is 15.7. The summed E-state index contributed by atoms with van der Waals surface area (Å²) < 4.78 is 17.6. The van der Waals surface area contributed by atoms with Crippen molar-refractivity contribution in [3.63, 3.8) is 0 Å². The van der Waals surface area contributed by atoms with Crippen molar-refractivity contribution in [3.05, 3.63) is 53.2 Å². The van der Waals surface area contributed by atoms with Gasteiger partial charge in [-0.25, -0.2) is 0 Å². The molecule has 1 aromatic carbocycles. The molecule has 0 atom stereocenters. The number of hydrogen-bond acceptors (Lipinski definition) is 3. The molecule has 0 aromatic heterocycles. The molecule has 5 heteroatoms. The maximum absolute atomic E-state index is 6.20. The first-order valence-electron chi connectivity index (χ1n) is 7.90. The van der Waals surface area contributed by atoms with Gasteiger partial charge in [0.15, 0.2) is 0 Å². The molecule has 0 aliphatic rings. The van der Waals surface area contributed by atoms with Gasteiger partial charge < -0.3 is 13.6 Å². The Hall–Kier alpha value is -1.47.